The Balaban J connectivity index is 2.64. The number of aliphatic imine (C=N–C) groups is 1. The third-order valence-corrected chi connectivity index (χ3v) is 5.19. The summed E-state index contributed by atoms with van der Waals surface area (Å²) in [6, 6.07) is 8.39. The van der Waals surface area contributed by atoms with Crippen molar-refractivity contribution in [1.29, 1.82) is 0 Å². The lowest BCUT2D eigenvalue weighted by molar-refractivity contribution is -0.147. The van der Waals surface area contributed by atoms with E-state index in [9.17, 15) is 4.79 Å². The molecule has 0 heterocycles. The standard InChI is InChI=1S/C24H39NO2/c1-8-20(9-2)16-27-24(26)23(18(5)6)25-15-19(7)14-21-10-12-22(13-11-21)17(3)4/h10-13,15,17-20,23H,8-9,14,16H2,1-7H3. The molecule has 0 saturated carbocycles. The Morgan fingerprint density at radius 3 is 2.11 bits per heavy atom. The minimum Gasteiger partial charge on any atom is -0.464 e. The first-order valence-electron chi connectivity index (χ1n) is 10.6. The van der Waals surface area contributed by atoms with Crippen LogP contribution in [-0.4, -0.2) is 24.8 Å². The van der Waals surface area contributed by atoms with E-state index in [0.29, 0.717) is 18.4 Å². The van der Waals surface area contributed by atoms with Gasteiger partial charge in [-0.25, -0.2) is 4.79 Å². The average molecular weight is 374 g/mol. The molecule has 152 valence electrons. The summed E-state index contributed by atoms with van der Waals surface area (Å²) < 4.78 is 5.54. The van der Waals surface area contributed by atoms with E-state index in [2.05, 4.69) is 63.9 Å². The number of hydrogen-bond donors (Lipinski definition) is 0. The van der Waals surface area contributed by atoms with Gasteiger partial charge in [0.15, 0.2) is 0 Å². The van der Waals surface area contributed by atoms with E-state index < -0.39 is 6.04 Å². The Kier molecular flexibility index (Phi) is 10.4. The molecule has 0 N–H and O–H groups in total. The number of rotatable bonds is 11. The number of hydrogen-bond acceptors (Lipinski definition) is 3. The predicted molar refractivity (Wildman–Crippen MR) is 116 cm³/mol. The van der Waals surface area contributed by atoms with Gasteiger partial charge in [-0.3, -0.25) is 4.99 Å². The third kappa shape index (κ3) is 8.28. The molecule has 0 saturated heterocycles. The molecule has 2 atom stereocenters. The van der Waals surface area contributed by atoms with E-state index in [-0.39, 0.29) is 17.8 Å². The monoisotopic (exact) mass is 373 g/mol. The molecule has 1 aromatic carbocycles. The second-order valence-corrected chi connectivity index (χ2v) is 8.38. The lowest BCUT2D eigenvalue weighted by atomic mass is 9.97. The van der Waals surface area contributed by atoms with E-state index in [1.54, 1.807) is 0 Å². The van der Waals surface area contributed by atoms with Crippen LogP contribution in [0.4, 0.5) is 0 Å². The maximum absolute atomic E-state index is 12.5. The molecule has 0 aliphatic heterocycles. The number of benzene rings is 1. The highest BCUT2D eigenvalue weighted by molar-refractivity contribution is 5.78. The zero-order valence-electron chi connectivity index (χ0n) is 18.4. The van der Waals surface area contributed by atoms with Gasteiger partial charge in [-0.1, -0.05) is 85.6 Å². The molecule has 1 aromatic rings. The van der Waals surface area contributed by atoms with Crippen molar-refractivity contribution in [2.45, 2.75) is 79.7 Å². The van der Waals surface area contributed by atoms with Crippen molar-refractivity contribution in [2.24, 2.45) is 22.7 Å². The molecule has 3 heteroatoms. The van der Waals surface area contributed by atoms with Gasteiger partial charge < -0.3 is 4.74 Å². The van der Waals surface area contributed by atoms with Crippen molar-refractivity contribution in [3.63, 3.8) is 0 Å². The zero-order chi connectivity index (χ0) is 20.4. The van der Waals surface area contributed by atoms with Gasteiger partial charge in [-0.05, 0) is 41.2 Å². The largest absolute Gasteiger partial charge is 0.464 e. The van der Waals surface area contributed by atoms with E-state index >= 15 is 0 Å². The Hall–Kier alpha value is -1.64. The van der Waals surface area contributed by atoms with Crippen molar-refractivity contribution in [3.05, 3.63) is 35.4 Å². The van der Waals surface area contributed by atoms with Crippen LogP contribution in [0.15, 0.2) is 29.3 Å². The topological polar surface area (TPSA) is 38.7 Å². The molecule has 3 nitrogen and oxygen atoms in total. The van der Waals surface area contributed by atoms with Crippen LogP contribution in [0.1, 0.15) is 78.4 Å². The SMILES string of the molecule is CCC(CC)COC(=O)C(N=CC(C)Cc1ccc(C(C)C)cc1)C(C)C. The summed E-state index contributed by atoms with van der Waals surface area (Å²) in [5.41, 5.74) is 2.66. The van der Waals surface area contributed by atoms with Gasteiger partial charge in [0.1, 0.15) is 6.04 Å². The summed E-state index contributed by atoms with van der Waals surface area (Å²) >= 11 is 0. The maximum Gasteiger partial charge on any atom is 0.331 e. The molecule has 0 aromatic heterocycles. The van der Waals surface area contributed by atoms with Crippen molar-refractivity contribution < 1.29 is 9.53 Å². The minimum absolute atomic E-state index is 0.132. The predicted octanol–water partition coefficient (Wildman–Crippen LogP) is 6.06. The van der Waals surface area contributed by atoms with E-state index in [1.807, 2.05) is 20.1 Å². The molecular weight excluding hydrogens is 334 g/mol. The van der Waals surface area contributed by atoms with Gasteiger partial charge >= 0.3 is 5.97 Å². The first-order valence-corrected chi connectivity index (χ1v) is 10.6. The number of nitrogens with zero attached hydrogens (tertiary/aromatic N) is 1. The summed E-state index contributed by atoms with van der Waals surface area (Å²) in [5.74, 6) is 1.21. The zero-order valence-corrected chi connectivity index (χ0v) is 18.4. The van der Waals surface area contributed by atoms with Gasteiger partial charge in [0.05, 0.1) is 6.61 Å². The highest BCUT2D eigenvalue weighted by Crippen LogP contribution is 2.17. The fraction of sp³-hybridized carbons (Fsp3) is 0.667. The van der Waals surface area contributed by atoms with Crippen molar-refractivity contribution in [3.8, 4) is 0 Å². The molecule has 0 amide bonds. The van der Waals surface area contributed by atoms with Gasteiger partial charge in [0.2, 0.25) is 0 Å². The highest BCUT2D eigenvalue weighted by Gasteiger charge is 2.23. The molecule has 0 fully saturated rings. The molecule has 0 spiro atoms. The second-order valence-electron chi connectivity index (χ2n) is 8.38. The number of esters is 1. The van der Waals surface area contributed by atoms with E-state index in [0.717, 1.165) is 19.3 Å². The van der Waals surface area contributed by atoms with Crippen LogP contribution in [-0.2, 0) is 16.0 Å². The van der Waals surface area contributed by atoms with Crippen LogP contribution in [0.3, 0.4) is 0 Å². The molecule has 0 aliphatic carbocycles. The maximum atomic E-state index is 12.5. The van der Waals surface area contributed by atoms with Crippen molar-refractivity contribution in [2.75, 3.05) is 6.61 Å². The summed E-state index contributed by atoms with van der Waals surface area (Å²) in [4.78, 5) is 17.1. The minimum atomic E-state index is -0.412. The van der Waals surface area contributed by atoms with Gasteiger partial charge in [0.25, 0.3) is 0 Å². The fourth-order valence-electron chi connectivity index (χ4n) is 3.02. The smallest absolute Gasteiger partial charge is 0.331 e. The summed E-state index contributed by atoms with van der Waals surface area (Å²) in [6.07, 6.45) is 4.92. The van der Waals surface area contributed by atoms with Crippen LogP contribution in [0.25, 0.3) is 0 Å². The highest BCUT2D eigenvalue weighted by atomic mass is 16.5. The van der Waals surface area contributed by atoms with Crippen molar-refractivity contribution >= 4 is 12.2 Å². The van der Waals surface area contributed by atoms with Crippen LogP contribution in [0.2, 0.25) is 0 Å². The first kappa shape index (κ1) is 23.4. The summed E-state index contributed by atoms with van der Waals surface area (Å²) in [7, 11) is 0. The second kappa shape index (κ2) is 11.9. The molecular formula is C24H39NO2. The van der Waals surface area contributed by atoms with Gasteiger partial charge in [0, 0.05) is 6.21 Å². The normalized spacial score (nSPS) is 14.3. The first-order chi connectivity index (χ1) is 12.8. The fourth-order valence-corrected chi connectivity index (χ4v) is 3.02. The van der Waals surface area contributed by atoms with Crippen LogP contribution in [0.5, 0.6) is 0 Å². The third-order valence-electron chi connectivity index (χ3n) is 5.19. The lowest BCUT2D eigenvalue weighted by Crippen LogP contribution is -2.29. The molecule has 1 rings (SSSR count). The van der Waals surface area contributed by atoms with Crippen LogP contribution in [0, 0.1) is 17.8 Å². The molecule has 2 unspecified atom stereocenters. The van der Waals surface area contributed by atoms with Gasteiger partial charge in [-0.2, -0.15) is 0 Å². The van der Waals surface area contributed by atoms with Crippen molar-refractivity contribution in [1.82, 2.24) is 0 Å². The summed E-state index contributed by atoms with van der Waals surface area (Å²) in [5, 5.41) is 0. The Labute approximate surface area is 166 Å². The number of carbonyl (C=O) groups is 1. The Morgan fingerprint density at radius 2 is 1.63 bits per heavy atom. The lowest BCUT2D eigenvalue weighted by Gasteiger charge is -2.19. The average Bonchev–Trinajstić information content (AvgIpc) is 2.62. The van der Waals surface area contributed by atoms with Crippen LogP contribution >= 0.6 is 0 Å². The Morgan fingerprint density at radius 1 is 1.04 bits per heavy atom. The molecule has 0 bridgehead atoms. The molecule has 0 radical (unpaired) electrons. The molecule has 27 heavy (non-hydrogen) atoms. The Bertz CT molecular complexity index is 571. The quantitative estimate of drug-likeness (QED) is 0.349. The van der Waals surface area contributed by atoms with E-state index in [4.69, 9.17) is 4.74 Å². The molecule has 0 aliphatic rings. The van der Waals surface area contributed by atoms with E-state index in [1.165, 1.54) is 11.1 Å². The summed E-state index contributed by atoms with van der Waals surface area (Å²) in [6.45, 7) is 15.4. The van der Waals surface area contributed by atoms with Crippen LogP contribution < -0.4 is 0 Å². The number of ether oxygens (including phenoxy) is 1. The van der Waals surface area contributed by atoms with Gasteiger partial charge in [-0.15, -0.1) is 0 Å². The number of carbonyl (C=O) groups excluding carboxylic acids is 1.